The molecule has 0 saturated carbocycles. The molecule has 2 aromatic carbocycles. The van der Waals surface area contributed by atoms with Crippen molar-refractivity contribution in [2.24, 2.45) is 5.73 Å². The van der Waals surface area contributed by atoms with E-state index in [4.69, 9.17) is 5.73 Å². The molecule has 0 saturated heterocycles. The zero-order valence-electron chi connectivity index (χ0n) is 14.5. The Morgan fingerprint density at radius 3 is 2.75 bits per heavy atom. The summed E-state index contributed by atoms with van der Waals surface area (Å²) in [5, 5.41) is 3.53. The van der Waals surface area contributed by atoms with Crippen LogP contribution in [0.1, 0.15) is 42.0 Å². The molecule has 1 unspecified atom stereocenters. The lowest BCUT2D eigenvalue weighted by Crippen LogP contribution is -2.33. The maximum absolute atomic E-state index is 6.31. The molecular weight excluding hydrogens is 312 g/mol. The number of nitrogens with two attached hydrogens (primary N) is 1. The van der Waals surface area contributed by atoms with E-state index in [2.05, 4.69) is 73.6 Å². The lowest BCUT2D eigenvalue weighted by atomic mass is 9.82. The topological polar surface area (TPSA) is 29.3 Å². The minimum Gasteiger partial charge on any atom is -0.322 e. The summed E-state index contributed by atoms with van der Waals surface area (Å²) in [6.45, 7) is 6.21. The van der Waals surface area contributed by atoms with Gasteiger partial charge in [-0.05, 0) is 72.1 Å². The van der Waals surface area contributed by atoms with E-state index in [1.54, 1.807) is 0 Å². The number of hydrogen-bond acceptors (Lipinski definition) is 3. The normalized spacial score (nSPS) is 18.8. The summed E-state index contributed by atoms with van der Waals surface area (Å²) >= 11 is 1.81. The number of fused-ring (bicyclic) bond motifs is 2. The Bertz CT molecular complexity index is 888. The first-order chi connectivity index (χ1) is 11.4. The van der Waals surface area contributed by atoms with Crippen LogP contribution in [0.15, 0.2) is 47.8 Å². The fourth-order valence-corrected chi connectivity index (χ4v) is 4.51. The molecule has 0 radical (unpaired) electrons. The molecule has 0 bridgehead atoms. The fraction of sp³-hybridized carbons (Fsp3) is 0.333. The van der Waals surface area contributed by atoms with E-state index in [1.807, 2.05) is 11.3 Å². The van der Waals surface area contributed by atoms with Crippen LogP contribution in [0.3, 0.4) is 0 Å². The van der Waals surface area contributed by atoms with Crippen molar-refractivity contribution in [1.29, 1.82) is 0 Å². The molecule has 3 aromatic rings. The largest absolute Gasteiger partial charge is 0.322 e. The number of likely N-dealkylation sites (N-methyl/N-ethyl adjacent to an activating group) is 1. The van der Waals surface area contributed by atoms with Crippen molar-refractivity contribution < 1.29 is 0 Å². The Hall–Kier alpha value is -1.68. The Labute approximate surface area is 147 Å². The monoisotopic (exact) mass is 336 g/mol. The third-order valence-electron chi connectivity index (χ3n) is 5.08. The first-order valence-corrected chi connectivity index (χ1v) is 9.38. The van der Waals surface area contributed by atoms with E-state index in [9.17, 15) is 0 Å². The summed E-state index contributed by atoms with van der Waals surface area (Å²) in [5.74, 6) is 0.429. The van der Waals surface area contributed by atoms with Gasteiger partial charge in [0.25, 0.3) is 0 Å². The molecule has 0 aliphatic carbocycles. The zero-order valence-corrected chi connectivity index (χ0v) is 15.4. The first-order valence-electron chi connectivity index (χ1n) is 8.50. The van der Waals surface area contributed by atoms with Crippen LogP contribution in [0.4, 0.5) is 0 Å². The molecule has 0 spiro atoms. The highest BCUT2D eigenvalue weighted by molar-refractivity contribution is 7.17. The zero-order chi connectivity index (χ0) is 16.9. The smallest absolute Gasteiger partial charge is 0.0352 e. The van der Waals surface area contributed by atoms with Crippen LogP contribution in [0, 0.1) is 0 Å². The first kappa shape index (κ1) is 15.8. The predicted octanol–water partition coefficient (Wildman–Crippen LogP) is 4.67. The molecule has 2 N–H and O–H groups in total. The van der Waals surface area contributed by atoms with Gasteiger partial charge in [-0.25, -0.2) is 0 Å². The van der Waals surface area contributed by atoms with Crippen molar-refractivity contribution in [3.8, 4) is 0 Å². The summed E-state index contributed by atoms with van der Waals surface area (Å²) in [6, 6.07) is 16.0. The van der Waals surface area contributed by atoms with Crippen molar-refractivity contribution in [3.05, 3.63) is 70.1 Å². The molecule has 4 rings (SSSR count). The molecular formula is C21H24N2S. The summed E-state index contributed by atoms with van der Waals surface area (Å²) < 4.78 is 1.36. The average Bonchev–Trinajstić information content (AvgIpc) is 3.00. The number of benzene rings is 2. The van der Waals surface area contributed by atoms with E-state index < -0.39 is 0 Å². The molecule has 3 heteroatoms. The van der Waals surface area contributed by atoms with Crippen LogP contribution in [0.5, 0.6) is 0 Å². The van der Waals surface area contributed by atoms with Gasteiger partial charge < -0.3 is 10.6 Å². The van der Waals surface area contributed by atoms with Crippen molar-refractivity contribution in [2.75, 3.05) is 13.6 Å². The molecule has 0 amide bonds. The third kappa shape index (κ3) is 2.77. The number of nitrogens with zero attached hydrogens (tertiary/aromatic N) is 1. The fourth-order valence-electron chi connectivity index (χ4n) is 3.74. The lowest BCUT2D eigenvalue weighted by Gasteiger charge is -2.34. The van der Waals surface area contributed by atoms with Crippen molar-refractivity contribution in [3.63, 3.8) is 0 Å². The summed E-state index contributed by atoms with van der Waals surface area (Å²) in [4.78, 5) is 2.41. The standard InChI is InChI=1S/C21H24N2S/c1-21(2,22)17-5-6-18-16(11-17)12-23(3)13-19(18)14-4-7-20-15(10-14)8-9-24-20/h4-11,19H,12-13,22H2,1-3H3. The molecule has 124 valence electrons. The van der Waals surface area contributed by atoms with E-state index in [1.165, 1.54) is 32.3 Å². The SMILES string of the molecule is CN1Cc2cc(C(C)(C)N)ccc2C(c2ccc3sccc3c2)C1. The van der Waals surface area contributed by atoms with Gasteiger partial charge in [0, 0.05) is 29.2 Å². The maximum atomic E-state index is 6.31. The van der Waals surface area contributed by atoms with Crippen LogP contribution in [-0.2, 0) is 12.1 Å². The minimum absolute atomic E-state index is 0.296. The van der Waals surface area contributed by atoms with Gasteiger partial charge in [0.2, 0.25) is 0 Å². The minimum atomic E-state index is -0.296. The molecule has 24 heavy (non-hydrogen) atoms. The average molecular weight is 337 g/mol. The second-order valence-corrected chi connectivity index (χ2v) is 8.55. The van der Waals surface area contributed by atoms with E-state index in [-0.39, 0.29) is 5.54 Å². The third-order valence-corrected chi connectivity index (χ3v) is 5.97. The van der Waals surface area contributed by atoms with Gasteiger partial charge in [0.1, 0.15) is 0 Å². The van der Waals surface area contributed by atoms with Gasteiger partial charge in [-0.15, -0.1) is 11.3 Å². The Morgan fingerprint density at radius 1 is 1.12 bits per heavy atom. The van der Waals surface area contributed by atoms with Gasteiger partial charge >= 0.3 is 0 Å². The molecule has 2 heterocycles. The van der Waals surface area contributed by atoms with Crippen molar-refractivity contribution in [2.45, 2.75) is 31.8 Å². The van der Waals surface area contributed by atoms with Crippen molar-refractivity contribution >= 4 is 21.4 Å². The highest BCUT2D eigenvalue weighted by Gasteiger charge is 2.26. The second kappa shape index (κ2) is 5.69. The van der Waals surface area contributed by atoms with Crippen LogP contribution in [0.25, 0.3) is 10.1 Å². The summed E-state index contributed by atoms with van der Waals surface area (Å²) in [5.41, 5.74) is 11.5. The lowest BCUT2D eigenvalue weighted by molar-refractivity contribution is 0.295. The summed E-state index contributed by atoms with van der Waals surface area (Å²) in [6.07, 6.45) is 0. The molecule has 1 atom stereocenters. The van der Waals surface area contributed by atoms with E-state index >= 15 is 0 Å². The van der Waals surface area contributed by atoms with Gasteiger partial charge in [-0.1, -0.05) is 24.3 Å². The van der Waals surface area contributed by atoms with E-state index in [0.29, 0.717) is 5.92 Å². The van der Waals surface area contributed by atoms with Gasteiger partial charge in [0.15, 0.2) is 0 Å². The molecule has 2 nitrogen and oxygen atoms in total. The molecule has 1 aliphatic heterocycles. The Kier molecular flexibility index (Phi) is 3.75. The molecule has 0 fully saturated rings. The van der Waals surface area contributed by atoms with Crippen LogP contribution in [0.2, 0.25) is 0 Å². The van der Waals surface area contributed by atoms with Crippen LogP contribution in [-0.4, -0.2) is 18.5 Å². The summed E-state index contributed by atoms with van der Waals surface area (Å²) in [7, 11) is 2.21. The highest BCUT2D eigenvalue weighted by atomic mass is 32.1. The van der Waals surface area contributed by atoms with Gasteiger partial charge in [0.05, 0.1) is 0 Å². The van der Waals surface area contributed by atoms with E-state index in [0.717, 1.165) is 13.1 Å². The van der Waals surface area contributed by atoms with Gasteiger partial charge in [-0.2, -0.15) is 0 Å². The van der Waals surface area contributed by atoms with Crippen LogP contribution >= 0.6 is 11.3 Å². The predicted molar refractivity (Wildman–Crippen MR) is 104 cm³/mol. The second-order valence-electron chi connectivity index (χ2n) is 7.60. The molecule has 1 aromatic heterocycles. The highest BCUT2D eigenvalue weighted by Crippen LogP contribution is 2.36. The Morgan fingerprint density at radius 2 is 1.96 bits per heavy atom. The van der Waals surface area contributed by atoms with Crippen LogP contribution < -0.4 is 5.73 Å². The molecule has 1 aliphatic rings. The number of hydrogen-bond donors (Lipinski definition) is 1. The number of thiophene rings is 1. The van der Waals surface area contributed by atoms with Gasteiger partial charge in [-0.3, -0.25) is 0 Å². The number of rotatable bonds is 2. The van der Waals surface area contributed by atoms with Crippen molar-refractivity contribution in [1.82, 2.24) is 4.90 Å². The quantitative estimate of drug-likeness (QED) is 0.737. The maximum Gasteiger partial charge on any atom is 0.0352 e. The Balaban J connectivity index is 1.80.